The van der Waals surface area contributed by atoms with Crippen LogP contribution in [0.15, 0.2) is 52.2 Å². The van der Waals surface area contributed by atoms with Crippen LogP contribution in [-0.4, -0.2) is 17.1 Å². The molecule has 0 bridgehead atoms. The fraction of sp³-hybridized carbons (Fsp3) is 0.0625. The molecular weight excluding hydrogens is 348 g/mol. The second kappa shape index (κ2) is 7.29. The predicted octanol–water partition coefficient (Wildman–Crippen LogP) is 4.21. The molecule has 0 radical (unpaired) electrons. The summed E-state index contributed by atoms with van der Waals surface area (Å²) >= 11 is 7.42. The Morgan fingerprint density at radius 1 is 1.33 bits per heavy atom. The Kier molecular flexibility index (Phi) is 4.93. The van der Waals surface area contributed by atoms with E-state index >= 15 is 0 Å². The summed E-state index contributed by atoms with van der Waals surface area (Å²) in [5.74, 6) is 0.189. The number of carbonyl (C=O) groups excluding carboxylic acids is 1. The number of rotatable bonds is 5. The summed E-state index contributed by atoms with van der Waals surface area (Å²) in [7, 11) is 0. The van der Waals surface area contributed by atoms with E-state index in [0.29, 0.717) is 26.5 Å². The number of furan rings is 1. The molecule has 2 N–H and O–H groups in total. The van der Waals surface area contributed by atoms with Gasteiger partial charge in [0.15, 0.2) is 10.3 Å². The molecule has 2 heterocycles. The Hall–Kier alpha value is -2.64. The third-order valence-electron chi connectivity index (χ3n) is 3.09. The molecule has 0 aliphatic carbocycles. The molecule has 0 aliphatic heterocycles. The van der Waals surface area contributed by atoms with Gasteiger partial charge in [0, 0.05) is 5.69 Å². The molecule has 24 heavy (non-hydrogen) atoms. The maximum atomic E-state index is 11.9. The van der Waals surface area contributed by atoms with Crippen molar-refractivity contribution in [2.75, 3.05) is 5.32 Å². The molecular formula is C16H13ClN4O2S. The number of benzene rings is 1. The molecule has 0 atom stereocenters. The summed E-state index contributed by atoms with van der Waals surface area (Å²) in [6, 6.07) is 11.2. The topological polar surface area (TPSA) is 79.5 Å². The van der Waals surface area contributed by atoms with Crippen molar-refractivity contribution in [3.8, 4) is 0 Å². The monoisotopic (exact) mass is 360 g/mol. The number of carbonyl (C=O) groups is 1. The fourth-order valence-corrected chi connectivity index (χ4v) is 2.97. The number of hydrogen-bond donors (Lipinski definition) is 2. The molecule has 1 aromatic carbocycles. The van der Waals surface area contributed by atoms with E-state index in [9.17, 15) is 4.79 Å². The van der Waals surface area contributed by atoms with E-state index in [1.807, 2.05) is 30.3 Å². The number of amides is 1. The van der Waals surface area contributed by atoms with Crippen molar-refractivity contribution in [2.24, 2.45) is 5.10 Å². The van der Waals surface area contributed by atoms with Gasteiger partial charge in [0.1, 0.15) is 5.76 Å². The maximum absolute atomic E-state index is 11.9. The van der Waals surface area contributed by atoms with Crippen LogP contribution in [0, 0.1) is 6.92 Å². The highest BCUT2D eigenvalue weighted by Crippen LogP contribution is 2.27. The van der Waals surface area contributed by atoms with E-state index in [1.54, 1.807) is 13.0 Å². The Balaban J connectivity index is 1.65. The first-order valence-corrected chi connectivity index (χ1v) is 8.19. The maximum Gasteiger partial charge on any atom is 0.274 e. The number of aryl methyl sites for hydroxylation is 1. The number of hydrazone groups is 1. The van der Waals surface area contributed by atoms with Crippen LogP contribution >= 0.6 is 22.9 Å². The number of anilines is 2. The second-order valence-corrected chi connectivity index (χ2v) is 6.14. The molecule has 0 saturated heterocycles. The van der Waals surface area contributed by atoms with Crippen LogP contribution in [0.4, 0.5) is 10.8 Å². The van der Waals surface area contributed by atoms with Gasteiger partial charge in [0.2, 0.25) is 0 Å². The zero-order chi connectivity index (χ0) is 16.9. The average Bonchev–Trinajstić information content (AvgIpc) is 3.14. The van der Waals surface area contributed by atoms with Gasteiger partial charge in [-0.2, -0.15) is 5.10 Å². The number of thiazole rings is 1. The fourth-order valence-electron chi connectivity index (χ4n) is 1.92. The van der Waals surface area contributed by atoms with Crippen molar-refractivity contribution < 1.29 is 9.21 Å². The first kappa shape index (κ1) is 16.2. The number of hydrogen-bond acceptors (Lipinski definition) is 6. The summed E-state index contributed by atoms with van der Waals surface area (Å²) in [4.78, 5) is 16.8. The van der Waals surface area contributed by atoms with Crippen LogP contribution in [0.2, 0.25) is 5.15 Å². The minimum Gasteiger partial charge on any atom is -0.469 e. The van der Waals surface area contributed by atoms with Crippen LogP contribution < -0.4 is 10.7 Å². The zero-order valence-corrected chi connectivity index (χ0v) is 14.2. The lowest BCUT2D eigenvalue weighted by molar-refractivity contribution is 0.0953. The Bertz CT molecular complexity index is 873. The smallest absolute Gasteiger partial charge is 0.274 e. The first-order valence-electron chi connectivity index (χ1n) is 6.99. The lowest BCUT2D eigenvalue weighted by atomic mass is 10.2. The quantitative estimate of drug-likeness (QED) is 0.527. The summed E-state index contributed by atoms with van der Waals surface area (Å²) in [6.07, 6.45) is 2.92. The van der Waals surface area contributed by atoms with E-state index < -0.39 is 0 Å². The van der Waals surface area contributed by atoms with Gasteiger partial charge < -0.3 is 9.73 Å². The van der Waals surface area contributed by atoms with Crippen molar-refractivity contribution >= 4 is 45.9 Å². The number of aromatic nitrogens is 1. The van der Waals surface area contributed by atoms with Gasteiger partial charge in [-0.15, -0.1) is 0 Å². The molecule has 6 nitrogen and oxygen atoms in total. The molecule has 0 aliphatic rings. The van der Waals surface area contributed by atoms with Crippen LogP contribution in [0.3, 0.4) is 0 Å². The first-order chi connectivity index (χ1) is 11.6. The third-order valence-corrected chi connectivity index (χ3v) is 4.39. The second-order valence-electron chi connectivity index (χ2n) is 4.75. The molecule has 0 saturated carbocycles. The van der Waals surface area contributed by atoms with E-state index in [4.69, 9.17) is 16.0 Å². The number of para-hydroxylation sites is 1. The van der Waals surface area contributed by atoms with E-state index in [1.165, 1.54) is 23.8 Å². The summed E-state index contributed by atoms with van der Waals surface area (Å²) in [5, 5.41) is 8.03. The molecule has 0 unspecified atom stereocenters. The molecule has 0 fully saturated rings. The van der Waals surface area contributed by atoms with Crippen molar-refractivity contribution in [3.63, 3.8) is 0 Å². The van der Waals surface area contributed by atoms with Gasteiger partial charge in [-0.3, -0.25) is 4.79 Å². The highest BCUT2D eigenvalue weighted by molar-refractivity contribution is 7.17. The van der Waals surface area contributed by atoms with Crippen LogP contribution in [0.5, 0.6) is 0 Å². The van der Waals surface area contributed by atoms with Crippen LogP contribution in [0.25, 0.3) is 0 Å². The van der Waals surface area contributed by atoms with Gasteiger partial charge in [0.05, 0.1) is 22.9 Å². The van der Waals surface area contributed by atoms with Crippen LogP contribution in [-0.2, 0) is 0 Å². The van der Waals surface area contributed by atoms with E-state index in [0.717, 1.165) is 5.69 Å². The normalized spacial score (nSPS) is 10.9. The molecule has 3 rings (SSSR count). The molecule has 122 valence electrons. The highest BCUT2D eigenvalue weighted by Gasteiger charge is 2.11. The minimum atomic E-state index is -0.347. The van der Waals surface area contributed by atoms with E-state index in [2.05, 4.69) is 20.8 Å². The van der Waals surface area contributed by atoms with E-state index in [-0.39, 0.29) is 5.91 Å². The number of nitrogens with one attached hydrogen (secondary N) is 2. The number of nitrogens with zero attached hydrogens (tertiary/aromatic N) is 2. The Morgan fingerprint density at radius 3 is 2.83 bits per heavy atom. The van der Waals surface area contributed by atoms with Gasteiger partial charge in [-0.1, -0.05) is 41.1 Å². The van der Waals surface area contributed by atoms with Crippen molar-refractivity contribution in [3.05, 3.63) is 64.0 Å². The standard InChI is InChI=1S/C16H13ClN4O2S/c1-10-12(7-8-23-10)15(22)21-18-9-13-14(17)20-16(24-13)19-11-5-3-2-4-6-11/h2-9H,1H3,(H,19,20)(H,21,22)/b18-9+. The van der Waals surface area contributed by atoms with Gasteiger partial charge in [0.25, 0.3) is 5.91 Å². The largest absolute Gasteiger partial charge is 0.469 e. The van der Waals surface area contributed by atoms with Crippen molar-refractivity contribution in [1.82, 2.24) is 10.4 Å². The van der Waals surface area contributed by atoms with Gasteiger partial charge >= 0.3 is 0 Å². The highest BCUT2D eigenvalue weighted by atomic mass is 35.5. The molecule has 2 aromatic heterocycles. The minimum absolute atomic E-state index is 0.316. The summed E-state index contributed by atoms with van der Waals surface area (Å²) in [5.41, 5.74) is 3.78. The van der Waals surface area contributed by atoms with Gasteiger partial charge in [-0.25, -0.2) is 10.4 Å². The lowest BCUT2D eigenvalue weighted by Crippen LogP contribution is -2.17. The lowest BCUT2D eigenvalue weighted by Gasteiger charge is -1.99. The summed E-state index contributed by atoms with van der Waals surface area (Å²) < 4.78 is 5.08. The summed E-state index contributed by atoms with van der Waals surface area (Å²) in [6.45, 7) is 1.71. The average molecular weight is 361 g/mol. The van der Waals surface area contributed by atoms with Gasteiger partial charge in [-0.05, 0) is 25.1 Å². The SMILES string of the molecule is Cc1occc1C(=O)N/N=C/c1sc(Nc2ccccc2)nc1Cl. The predicted molar refractivity (Wildman–Crippen MR) is 95.4 cm³/mol. The molecule has 3 aromatic rings. The van der Waals surface area contributed by atoms with Crippen molar-refractivity contribution in [2.45, 2.75) is 6.92 Å². The Labute approximate surface area is 147 Å². The molecule has 1 amide bonds. The number of halogens is 1. The molecule has 8 heteroatoms. The van der Waals surface area contributed by atoms with Crippen molar-refractivity contribution in [1.29, 1.82) is 0 Å². The Morgan fingerprint density at radius 2 is 2.12 bits per heavy atom. The third kappa shape index (κ3) is 3.81. The zero-order valence-electron chi connectivity index (χ0n) is 12.6. The molecule has 0 spiro atoms. The van der Waals surface area contributed by atoms with Crippen LogP contribution in [0.1, 0.15) is 21.0 Å².